The van der Waals surface area contributed by atoms with Crippen molar-refractivity contribution in [3.63, 3.8) is 0 Å². The Morgan fingerprint density at radius 2 is 2.50 bits per heavy atom. The number of carbonyl (C=O) groups is 1. The zero-order valence-corrected chi connectivity index (χ0v) is 5.79. The molecule has 0 aliphatic rings. The van der Waals surface area contributed by atoms with Crippen molar-refractivity contribution in [1.82, 2.24) is 5.32 Å². The van der Waals surface area contributed by atoms with Gasteiger partial charge < -0.3 is 10.4 Å². The van der Waals surface area contributed by atoms with Crippen molar-refractivity contribution in [2.24, 2.45) is 0 Å². The van der Waals surface area contributed by atoms with E-state index in [0.717, 1.165) is 0 Å². The van der Waals surface area contributed by atoms with Gasteiger partial charge in [-0.1, -0.05) is 0 Å². The first-order chi connectivity index (χ1) is 4.68. The average Bonchev–Trinajstić information content (AvgIpc) is 1.88. The van der Waals surface area contributed by atoms with E-state index < -0.39 is 12.0 Å². The maximum atomic E-state index is 10.5. The molecule has 0 aliphatic carbocycles. The molecule has 0 aliphatic heterocycles. The minimum Gasteiger partial charge on any atom is -0.384 e. The molecule has 4 heteroatoms. The van der Waals surface area contributed by atoms with Crippen LogP contribution in [0, 0.1) is 11.3 Å². The van der Waals surface area contributed by atoms with E-state index in [-0.39, 0.29) is 6.42 Å². The van der Waals surface area contributed by atoms with Gasteiger partial charge in [0.25, 0.3) is 0 Å². The Balaban J connectivity index is 3.33. The van der Waals surface area contributed by atoms with Crippen LogP contribution < -0.4 is 5.32 Å². The largest absolute Gasteiger partial charge is 0.384 e. The predicted molar refractivity (Wildman–Crippen MR) is 34.9 cm³/mol. The molecular formula is C6H10N2O2. The lowest BCUT2D eigenvalue weighted by Crippen LogP contribution is -2.32. The molecule has 10 heavy (non-hydrogen) atoms. The quantitative estimate of drug-likeness (QED) is 0.516. The Labute approximate surface area is 59.5 Å². The van der Waals surface area contributed by atoms with Gasteiger partial charge in [0, 0.05) is 6.54 Å². The van der Waals surface area contributed by atoms with Crippen molar-refractivity contribution >= 4 is 5.91 Å². The Morgan fingerprint density at radius 3 is 2.90 bits per heavy atom. The van der Waals surface area contributed by atoms with Crippen LogP contribution in [0.2, 0.25) is 0 Å². The highest BCUT2D eigenvalue weighted by atomic mass is 16.3. The minimum atomic E-state index is -0.987. The summed E-state index contributed by atoms with van der Waals surface area (Å²) in [6.07, 6.45) is -0.711. The molecule has 0 saturated carbocycles. The van der Waals surface area contributed by atoms with Gasteiger partial charge >= 0.3 is 0 Å². The SMILES string of the molecule is CC(O)C(=O)NCCC#N. The highest BCUT2D eigenvalue weighted by molar-refractivity contribution is 5.79. The lowest BCUT2D eigenvalue weighted by molar-refractivity contribution is -0.128. The topological polar surface area (TPSA) is 73.1 Å². The highest BCUT2D eigenvalue weighted by Crippen LogP contribution is 1.79. The number of hydrogen-bond donors (Lipinski definition) is 2. The van der Waals surface area contributed by atoms with Crippen LogP contribution in [-0.2, 0) is 4.79 Å². The number of nitrogens with one attached hydrogen (secondary N) is 1. The van der Waals surface area contributed by atoms with Crippen molar-refractivity contribution < 1.29 is 9.90 Å². The van der Waals surface area contributed by atoms with Gasteiger partial charge in [0.1, 0.15) is 6.10 Å². The second-order valence-electron chi connectivity index (χ2n) is 1.88. The van der Waals surface area contributed by atoms with E-state index in [0.29, 0.717) is 6.54 Å². The lowest BCUT2D eigenvalue weighted by Gasteiger charge is -2.03. The summed E-state index contributed by atoms with van der Waals surface area (Å²) in [6, 6.07) is 1.87. The molecule has 0 radical (unpaired) electrons. The van der Waals surface area contributed by atoms with E-state index in [1.165, 1.54) is 6.92 Å². The van der Waals surface area contributed by atoms with Crippen LogP contribution in [0.4, 0.5) is 0 Å². The molecule has 1 atom stereocenters. The number of nitriles is 1. The number of nitrogens with zero attached hydrogens (tertiary/aromatic N) is 1. The maximum Gasteiger partial charge on any atom is 0.248 e. The van der Waals surface area contributed by atoms with Gasteiger partial charge in [0.15, 0.2) is 0 Å². The Bertz CT molecular complexity index is 148. The first kappa shape index (κ1) is 8.92. The lowest BCUT2D eigenvalue weighted by atomic mass is 10.3. The standard InChI is InChI=1S/C6H10N2O2/c1-5(9)6(10)8-4-2-3-7/h5,9H,2,4H2,1H3,(H,8,10). The van der Waals surface area contributed by atoms with E-state index in [1.54, 1.807) is 0 Å². The number of aliphatic hydroxyl groups is 1. The number of amides is 1. The number of carbonyl (C=O) groups excluding carboxylic acids is 1. The first-order valence-corrected chi connectivity index (χ1v) is 3.01. The average molecular weight is 142 g/mol. The molecule has 4 nitrogen and oxygen atoms in total. The van der Waals surface area contributed by atoms with E-state index in [4.69, 9.17) is 10.4 Å². The van der Waals surface area contributed by atoms with Gasteiger partial charge in [0.2, 0.25) is 5.91 Å². The summed E-state index contributed by atoms with van der Waals surface area (Å²) in [5, 5.41) is 19.1. The summed E-state index contributed by atoms with van der Waals surface area (Å²) in [4.78, 5) is 10.5. The van der Waals surface area contributed by atoms with E-state index >= 15 is 0 Å². The van der Waals surface area contributed by atoms with Crippen LogP contribution in [0.3, 0.4) is 0 Å². The van der Waals surface area contributed by atoms with Gasteiger partial charge in [0.05, 0.1) is 12.5 Å². The fourth-order valence-corrected chi connectivity index (χ4v) is 0.389. The summed E-state index contributed by atoms with van der Waals surface area (Å²) in [6.45, 7) is 1.68. The number of rotatable bonds is 3. The molecule has 0 fully saturated rings. The van der Waals surface area contributed by atoms with Gasteiger partial charge in [-0.3, -0.25) is 4.79 Å². The predicted octanol–water partition coefficient (Wildman–Crippen LogP) is -0.603. The maximum absolute atomic E-state index is 10.5. The molecule has 0 saturated heterocycles. The Hall–Kier alpha value is -1.08. The zero-order valence-electron chi connectivity index (χ0n) is 5.79. The third-order valence-corrected chi connectivity index (χ3v) is 0.915. The van der Waals surface area contributed by atoms with Crippen molar-refractivity contribution in [2.75, 3.05) is 6.54 Å². The molecular weight excluding hydrogens is 132 g/mol. The molecule has 56 valence electrons. The second kappa shape index (κ2) is 4.77. The van der Waals surface area contributed by atoms with E-state index in [9.17, 15) is 4.79 Å². The van der Waals surface area contributed by atoms with Gasteiger partial charge in [-0.25, -0.2) is 0 Å². The summed E-state index contributed by atoms with van der Waals surface area (Å²) in [5.41, 5.74) is 0. The van der Waals surface area contributed by atoms with Crippen molar-refractivity contribution in [2.45, 2.75) is 19.4 Å². The molecule has 0 aromatic heterocycles. The first-order valence-electron chi connectivity index (χ1n) is 3.01. The van der Waals surface area contributed by atoms with Gasteiger partial charge in [-0.2, -0.15) is 5.26 Å². The van der Waals surface area contributed by atoms with Crippen LogP contribution in [0.5, 0.6) is 0 Å². The van der Waals surface area contributed by atoms with Crippen LogP contribution >= 0.6 is 0 Å². The molecule has 0 aromatic rings. The smallest absolute Gasteiger partial charge is 0.248 e. The summed E-state index contributed by atoms with van der Waals surface area (Å²) in [7, 11) is 0. The van der Waals surface area contributed by atoms with Crippen molar-refractivity contribution in [1.29, 1.82) is 5.26 Å². The second-order valence-corrected chi connectivity index (χ2v) is 1.88. The van der Waals surface area contributed by atoms with Crippen molar-refractivity contribution in [3.05, 3.63) is 0 Å². The zero-order chi connectivity index (χ0) is 7.98. The fourth-order valence-electron chi connectivity index (χ4n) is 0.389. The highest BCUT2D eigenvalue weighted by Gasteiger charge is 2.05. The number of aliphatic hydroxyl groups excluding tert-OH is 1. The van der Waals surface area contributed by atoms with Gasteiger partial charge in [-0.15, -0.1) is 0 Å². The normalized spacial score (nSPS) is 11.7. The third-order valence-electron chi connectivity index (χ3n) is 0.915. The van der Waals surface area contributed by atoms with E-state index in [2.05, 4.69) is 5.32 Å². The minimum absolute atomic E-state index is 0.276. The Morgan fingerprint density at radius 1 is 1.90 bits per heavy atom. The monoisotopic (exact) mass is 142 g/mol. The molecule has 0 rings (SSSR count). The van der Waals surface area contributed by atoms with Crippen molar-refractivity contribution in [3.8, 4) is 6.07 Å². The molecule has 1 amide bonds. The third kappa shape index (κ3) is 3.87. The molecule has 0 spiro atoms. The van der Waals surface area contributed by atoms with Crippen LogP contribution in [0.1, 0.15) is 13.3 Å². The van der Waals surface area contributed by atoms with Gasteiger partial charge in [-0.05, 0) is 6.92 Å². The molecule has 2 N–H and O–H groups in total. The molecule has 0 bridgehead atoms. The summed E-state index contributed by atoms with van der Waals surface area (Å²) < 4.78 is 0. The Kier molecular flexibility index (Phi) is 4.25. The molecule has 0 aromatic carbocycles. The van der Waals surface area contributed by atoms with Crippen LogP contribution in [0.15, 0.2) is 0 Å². The summed E-state index contributed by atoms with van der Waals surface area (Å²) >= 11 is 0. The summed E-state index contributed by atoms with van der Waals surface area (Å²) in [5.74, 6) is -0.435. The fraction of sp³-hybridized carbons (Fsp3) is 0.667. The number of hydrogen-bond acceptors (Lipinski definition) is 3. The van der Waals surface area contributed by atoms with E-state index in [1.807, 2.05) is 6.07 Å². The van der Waals surface area contributed by atoms with Crippen LogP contribution in [0.25, 0.3) is 0 Å². The molecule has 0 heterocycles. The van der Waals surface area contributed by atoms with Crippen LogP contribution in [-0.4, -0.2) is 23.7 Å². The molecule has 1 unspecified atom stereocenters.